The van der Waals surface area contributed by atoms with Gasteiger partial charge in [0, 0.05) is 45.4 Å². The Balaban J connectivity index is 0.000000471. The smallest absolute Gasteiger partial charge is 0.174 e. The molecule has 0 spiro atoms. The molecule has 8 heteroatoms. The lowest BCUT2D eigenvalue weighted by Crippen LogP contribution is -2.32. The highest BCUT2D eigenvalue weighted by Crippen LogP contribution is 2.26. The Hall–Kier alpha value is 0.460. The first-order valence-corrected chi connectivity index (χ1v) is 13.2. The second-order valence-corrected chi connectivity index (χ2v) is 10.8. The molecule has 0 aliphatic rings. The molecule has 0 atom stereocenters. The molecule has 0 radical (unpaired) electrons. The molecule has 2 rings (SSSR count). The molecular formula is C22H31Br3O3S2. The first-order valence-electron chi connectivity index (χ1n) is 9.05. The third kappa shape index (κ3) is 14.5. The first-order chi connectivity index (χ1) is 14.0. The molecule has 0 aliphatic carbocycles. The molecule has 0 aromatic heterocycles. The molecule has 0 unspecified atom stereocenters. The van der Waals surface area contributed by atoms with Crippen LogP contribution >= 0.6 is 72.2 Å². The zero-order valence-corrected chi connectivity index (χ0v) is 24.7. The minimum atomic E-state index is -0.521. The molecule has 2 aromatic carbocycles. The maximum atomic E-state index is 5.28. The third-order valence-corrected chi connectivity index (χ3v) is 7.71. The molecule has 0 saturated carbocycles. The maximum Gasteiger partial charge on any atom is 0.174 e. The Bertz CT molecular complexity index is 703. The van der Waals surface area contributed by atoms with Gasteiger partial charge in [0.2, 0.25) is 0 Å². The summed E-state index contributed by atoms with van der Waals surface area (Å²) in [4.78, 5) is 2.18. The zero-order valence-electron chi connectivity index (χ0n) is 18.2. The van der Waals surface area contributed by atoms with E-state index < -0.39 is 5.79 Å². The number of rotatable bonds is 7. The molecule has 0 heterocycles. The van der Waals surface area contributed by atoms with Crippen LogP contribution in [0.25, 0.3) is 0 Å². The molecule has 170 valence electrons. The molecule has 0 N–H and O–H groups in total. The summed E-state index contributed by atoms with van der Waals surface area (Å²) in [5.41, 5.74) is -0.000000000000000222. The summed E-state index contributed by atoms with van der Waals surface area (Å²) in [6.07, 6.45) is 0. The number of thiol groups is 1. The van der Waals surface area contributed by atoms with Crippen molar-refractivity contribution in [2.45, 2.75) is 42.0 Å². The predicted molar refractivity (Wildman–Crippen MR) is 144 cm³/mol. The topological polar surface area (TPSA) is 27.7 Å². The molecule has 30 heavy (non-hydrogen) atoms. The number of halogens is 3. The highest BCUT2D eigenvalue weighted by Gasteiger charge is 2.22. The van der Waals surface area contributed by atoms with E-state index in [0.717, 1.165) is 24.9 Å². The van der Waals surface area contributed by atoms with Crippen LogP contribution in [0.2, 0.25) is 0 Å². The molecule has 3 nitrogen and oxygen atoms in total. The van der Waals surface area contributed by atoms with E-state index in [1.54, 1.807) is 33.1 Å². The normalized spacial score (nSPS) is 11.1. The van der Waals surface area contributed by atoms with Crippen molar-refractivity contribution in [3.63, 3.8) is 0 Å². The fourth-order valence-corrected chi connectivity index (χ4v) is 4.13. The minimum Gasteiger partial charge on any atom is -0.378 e. The molecule has 2 aromatic rings. The van der Waals surface area contributed by atoms with Crippen LogP contribution in [0.3, 0.4) is 0 Å². The van der Waals surface area contributed by atoms with Gasteiger partial charge < -0.3 is 14.2 Å². The minimum absolute atomic E-state index is 0.000000000000000222. The lowest BCUT2D eigenvalue weighted by Gasteiger charge is -2.25. The summed E-state index contributed by atoms with van der Waals surface area (Å²) in [7, 11) is 5.03. The Kier molecular flexibility index (Phi) is 16.4. The Morgan fingerprint density at radius 1 is 0.867 bits per heavy atom. The van der Waals surface area contributed by atoms with E-state index in [9.17, 15) is 0 Å². The average molecular weight is 647 g/mol. The van der Waals surface area contributed by atoms with Crippen molar-refractivity contribution in [2.24, 2.45) is 0 Å². The summed E-state index contributed by atoms with van der Waals surface area (Å²) in [6.45, 7) is 5.99. The van der Waals surface area contributed by atoms with Gasteiger partial charge in [-0.1, -0.05) is 59.9 Å². The highest BCUT2D eigenvalue weighted by atomic mass is 79.9. The number of ether oxygens (including phenoxy) is 3. The van der Waals surface area contributed by atoms with E-state index >= 15 is 0 Å². The number of hydrogen-bond acceptors (Lipinski definition) is 5. The van der Waals surface area contributed by atoms with Gasteiger partial charge in [0.05, 0.1) is 11.4 Å². The van der Waals surface area contributed by atoms with Crippen molar-refractivity contribution < 1.29 is 14.2 Å². The van der Waals surface area contributed by atoms with Crippen LogP contribution < -0.4 is 0 Å². The van der Waals surface area contributed by atoms with Crippen molar-refractivity contribution in [2.75, 3.05) is 32.4 Å². The van der Waals surface area contributed by atoms with Gasteiger partial charge in [-0.2, -0.15) is 0 Å². The van der Waals surface area contributed by atoms with Crippen LogP contribution in [0.1, 0.15) is 20.8 Å². The summed E-state index contributed by atoms with van der Waals surface area (Å²) < 4.78 is 17.8. The lowest BCUT2D eigenvalue weighted by atomic mass is 10.2. The SMILES string of the molecule is COC(C)(C)CBr.COC(C)(CSc1cccc(Br)c1)OC.Sc1cccc(Br)c1. The fraction of sp³-hybridized carbons (Fsp3) is 0.455. The second-order valence-electron chi connectivity index (χ2n) is 6.87. The molecule has 0 bridgehead atoms. The van der Waals surface area contributed by atoms with E-state index in [2.05, 4.69) is 72.6 Å². The first kappa shape index (κ1) is 30.5. The van der Waals surface area contributed by atoms with E-state index in [4.69, 9.17) is 14.2 Å². The van der Waals surface area contributed by atoms with E-state index in [1.807, 2.05) is 57.2 Å². The van der Waals surface area contributed by atoms with Crippen molar-refractivity contribution in [3.05, 3.63) is 57.5 Å². The number of benzene rings is 2. The molecule has 0 fully saturated rings. The zero-order chi connectivity index (χ0) is 23.2. The van der Waals surface area contributed by atoms with Crippen LogP contribution in [-0.4, -0.2) is 43.8 Å². The van der Waals surface area contributed by atoms with Gasteiger partial charge in [0.25, 0.3) is 0 Å². The third-order valence-electron chi connectivity index (χ3n) is 3.84. The van der Waals surface area contributed by atoms with Gasteiger partial charge in [0.15, 0.2) is 5.79 Å². The Labute approximate surface area is 216 Å². The molecule has 0 saturated heterocycles. The number of methoxy groups -OCH3 is 3. The highest BCUT2D eigenvalue weighted by molar-refractivity contribution is 9.10. The van der Waals surface area contributed by atoms with Gasteiger partial charge in [-0.3, -0.25) is 0 Å². The van der Waals surface area contributed by atoms with E-state index in [1.165, 1.54) is 4.90 Å². The van der Waals surface area contributed by atoms with Gasteiger partial charge in [-0.05, 0) is 57.2 Å². The monoisotopic (exact) mass is 644 g/mol. The van der Waals surface area contributed by atoms with Crippen molar-refractivity contribution >= 4 is 72.2 Å². The van der Waals surface area contributed by atoms with Gasteiger partial charge in [0.1, 0.15) is 0 Å². The quantitative estimate of drug-likeness (QED) is 0.142. The summed E-state index contributed by atoms with van der Waals surface area (Å²) in [5.74, 6) is 0.240. The molecule has 0 aliphatic heterocycles. The number of hydrogen-bond donors (Lipinski definition) is 1. The number of alkyl halides is 1. The summed E-state index contributed by atoms with van der Waals surface area (Å²) in [6, 6.07) is 16.0. The summed E-state index contributed by atoms with van der Waals surface area (Å²) >= 11 is 15.9. The Morgan fingerprint density at radius 3 is 1.73 bits per heavy atom. The van der Waals surface area contributed by atoms with Gasteiger partial charge in [-0.15, -0.1) is 24.4 Å². The standard InChI is InChI=1S/C11H15BrO2S.C6H5BrS.C5H11BrO/c1-11(13-2,14-3)8-15-10-6-4-5-9(12)7-10;7-5-2-1-3-6(8)4-5;1-5(2,4-6)7-3/h4-7H,8H2,1-3H3;1-4,8H;4H2,1-3H3. The number of thioether (sulfide) groups is 1. The maximum absolute atomic E-state index is 5.28. The fourth-order valence-electron chi connectivity index (χ4n) is 1.50. The Morgan fingerprint density at radius 2 is 1.40 bits per heavy atom. The van der Waals surface area contributed by atoms with E-state index in [0.29, 0.717) is 0 Å². The van der Waals surface area contributed by atoms with E-state index in [-0.39, 0.29) is 5.60 Å². The van der Waals surface area contributed by atoms with Crippen LogP contribution in [-0.2, 0) is 14.2 Å². The molecular weight excluding hydrogens is 616 g/mol. The van der Waals surface area contributed by atoms with Gasteiger partial charge in [-0.25, -0.2) is 0 Å². The molecule has 0 amide bonds. The second kappa shape index (κ2) is 16.1. The lowest BCUT2D eigenvalue weighted by molar-refractivity contribution is -0.175. The van der Waals surface area contributed by atoms with Crippen LogP contribution in [0.15, 0.2) is 67.3 Å². The van der Waals surface area contributed by atoms with Crippen molar-refractivity contribution in [1.82, 2.24) is 0 Å². The van der Waals surface area contributed by atoms with Crippen molar-refractivity contribution in [1.29, 1.82) is 0 Å². The van der Waals surface area contributed by atoms with Gasteiger partial charge >= 0.3 is 0 Å². The van der Waals surface area contributed by atoms with Crippen molar-refractivity contribution in [3.8, 4) is 0 Å². The van der Waals surface area contributed by atoms with Crippen LogP contribution in [0, 0.1) is 0 Å². The predicted octanol–water partition coefficient (Wildman–Crippen LogP) is 8.09. The van der Waals surface area contributed by atoms with Crippen LogP contribution in [0.5, 0.6) is 0 Å². The largest absolute Gasteiger partial charge is 0.378 e. The van der Waals surface area contributed by atoms with Crippen LogP contribution in [0.4, 0.5) is 0 Å². The summed E-state index contributed by atoms with van der Waals surface area (Å²) in [5, 5.41) is 0.885. The average Bonchev–Trinajstić information content (AvgIpc) is 2.73.